The van der Waals surface area contributed by atoms with Gasteiger partial charge in [0.2, 0.25) is 0 Å². The van der Waals surface area contributed by atoms with Gasteiger partial charge in [-0.05, 0) is 19.1 Å². The number of hydrogen-bond donors (Lipinski definition) is 1. The summed E-state index contributed by atoms with van der Waals surface area (Å²) < 4.78 is 26.5. The van der Waals surface area contributed by atoms with E-state index in [9.17, 15) is 18.4 Å². The maximum absolute atomic E-state index is 13.2. The average Bonchev–Trinajstić information content (AvgIpc) is 2.45. The SMILES string of the molecule is Cc1nc2c(c(=O)[nH]1)CN(C(=O)c1cc(F)cc(F)c1)CC2. The summed E-state index contributed by atoms with van der Waals surface area (Å²) >= 11 is 0. The second-order valence-electron chi connectivity index (χ2n) is 5.21. The monoisotopic (exact) mass is 305 g/mol. The summed E-state index contributed by atoms with van der Waals surface area (Å²) in [4.78, 5) is 32.5. The van der Waals surface area contributed by atoms with Gasteiger partial charge in [-0.15, -0.1) is 0 Å². The third-order valence-electron chi connectivity index (χ3n) is 3.58. The highest BCUT2D eigenvalue weighted by molar-refractivity contribution is 5.94. The molecule has 0 radical (unpaired) electrons. The van der Waals surface area contributed by atoms with Gasteiger partial charge >= 0.3 is 0 Å². The van der Waals surface area contributed by atoms with Gasteiger partial charge in [0.25, 0.3) is 11.5 Å². The third kappa shape index (κ3) is 2.61. The van der Waals surface area contributed by atoms with E-state index in [4.69, 9.17) is 0 Å². The quantitative estimate of drug-likeness (QED) is 0.869. The van der Waals surface area contributed by atoms with E-state index in [-0.39, 0.29) is 17.7 Å². The molecular formula is C15H13F2N3O2. The van der Waals surface area contributed by atoms with E-state index in [1.165, 1.54) is 4.90 Å². The minimum absolute atomic E-state index is 0.0718. The largest absolute Gasteiger partial charge is 0.334 e. The minimum atomic E-state index is -0.809. The highest BCUT2D eigenvalue weighted by Gasteiger charge is 2.25. The second kappa shape index (κ2) is 5.32. The molecule has 0 saturated heterocycles. The summed E-state index contributed by atoms with van der Waals surface area (Å²) in [6, 6.07) is 2.68. The molecule has 1 amide bonds. The van der Waals surface area contributed by atoms with Crippen molar-refractivity contribution in [3.8, 4) is 0 Å². The third-order valence-corrected chi connectivity index (χ3v) is 3.58. The summed E-state index contributed by atoms with van der Waals surface area (Å²) in [5.41, 5.74) is 0.723. The molecule has 1 aromatic carbocycles. The van der Waals surface area contributed by atoms with E-state index < -0.39 is 17.5 Å². The van der Waals surface area contributed by atoms with Gasteiger partial charge in [-0.2, -0.15) is 0 Å². The number of H-pyrrole nitrogens is 1. The van der Waals surface area contributed by atoms with Crippen molar-refractivity contribution >= 4 is 5.91 Å². The zero-order chi connectivity index (χ0) is 15.9. The lowest BCUT2D eigenvalue weighted by atomic mass is 10.1. The summed E-state index contributed by atoms with van der Waals surface area (Å²) in [6.07, 6.45) is 0.434. The van der Waals surface area contributed by atoms with Crippen molar-refractivity contribution in [1.29, 1.82) is 0 Å². The highest BCUT2D eigenvalue weighted by atomic mass is 19.1. The van der Waals surface area contributed by atoms with Crippen LogP contribution in [-0.4, -0.2) is 27.3 Å². The molecule has 1 N–H and O–H groups in total. The second-order valence-corrected chi connectivity index (χ2v) is 5.21. The first-order valence-electron chi connectivity index (χ1n) is 6.78. The lowest BCUT2D eigenvalue weighted by Gasteiger charge is -2.27. The van der Waals surface area contributed by atoms with Crippen LogP contribution in [0.4, 0.5) is 8.78 Å². The highest BCUT2D eigenvalue weighted by Crippen LogP contribution is 2.17. The number of nitrogens with zero attached hydrogens (tertiary/aromatic N) is 2. The number of benzene rings is 1. The fourth-order valence-electron chi connectivity index (χ4n) is 2.58. The Labute approximate surface area is 124 Å². The van der Waals surface area contributed by atoms with Crippen LogP contribution in [0.5, 0.6) is 0 Å². The van der Waals surface area contributed by atoms with Crippen LogP contribution in [0, 0.1) is 18.6 Å². The van der Waals surface area contributed by atoms with Crippen molar-refractivity contribution < 1.29 is 13.6 Å². The van der Waals surface area contributed by atoms with Crippen LogP contribution in [0.1, 0.15) is 27.4 Å². The number of aryl methyl sites for hydroxylation is 1. The topological polar surface area (TPSA) is 66.1 Å². The summed E-state index contributed by atoms with van der Waals surface area (Å²) in [5, 5.41) is 0. The zero-order valence-electron chi connectivity index (χ0n) is 11.8. The fraction of sp³-hybridized carbons (Fsp3) is 0.267. The molecule has 0 spiro atoms. The molecule has 0 unspecified atom stereocenters. The number of nitrogens with one attached hydrogen (secondary N) is 1. The van der Waals surface area contributed by atoms with Crippen molar-refractivity contribution in [1.82, 2.24) is 14.9 Å². The number of aromatic nitrogens is 2. The smallest absolute Gasteiger partial charge is 0.256 e. The van der Waals surface area contributed by atoms with Crippen LogP contribution in [0.2, 0.25) is 0 Å². The van der Waals surface area contributed by atoms with Gasteiger partial charge in [0.15, 0.2) is 0 Å². The number of carbonyl (C=O) groups is 1. The molecule has 0 atom stereocenters. The molecule has 0 saturated carbocycles. The fourth-order valence-corrected chi connectivity index (χ4v) is 2.58. The van der Waals surface area contributed by atoms with Crippen LogP contribution in [0.3, 0.4) is 0 Å². The number of hydrogen-bond acceptors (Lipinski definition) is 3. The van der Waals surface area contributed by atoms with E-state index in [1.54, 1.807) is 6.92 Å². The minimum Gasteiger partial charge on any atom is -0.334 e. The standard InChI is InChI=1S/C15H13F2N3O2/c1-8-18-13-2-3-20(7-12(13)14(21)19-8)15(22)9-4-10(16)6-11(17)5-9/h4-6H,2-3,7H2,1H3,(H,18,19,21). The summed E-state index contributed by atoms with van der Waals surface area (Å²) in [6.45, 7) is 2.11. The van der Waals surface area contributed by atoms with E-state index in [0.29, 0.717) is 36.1 Å². The molecule has 1 aliphatic heterocycles. The Balaban J connectivity index is 1.91. The Kier molecular flexibility index (Phi) is 3.48. The molecule has 0 aliphatic carbocycles. The van der Waals surface area contributed by atoms with Crippen molar-refractivity contribution in [3.05, 3.63) is 62.8 Å². The molecule has 0 fully saturated rings. The van der Waals surface area contributed by atoms with Crippen LogP contribution in [0.15, 0.2) is 23.0 Å². The Morgan fingerprint density at radius 3 is 2.64 bits per heavy atom. The molecule has 0 bridgehead atoms. The molecule has 22 heavy (non-hydrogen) atoms. The van der Waals surface area contributed by atoms with Crippen molar-refractivity contribution in [2.24, 2.45) is 0 Å². The molecule has 1 aromatic heterocycles. The van der Waals surface area contributed by atoms with Crippen molar-refractivity contribution in [3.63, 3.8) is 0 Å². The molecule has 3 rings (SSSR count). The first-order chi connectivity index (χ1) is 10.4. The Hall–Kier alpha value is -2.57. The molecule has 2 heterocycles. The first kappa shape index (κ1) is 14.4. The molecular weight excluding hydrogens is 292 g/mol. The lowest BCUT2D eigenvalue weighted by Crippen LogP contribution is -2.39. The molecule has 114 valence electrons. The summed E-state index contributed by atoms with van der Waals surface area (Å²) in [5.74, 6) is -1.61. The maximum atomic E-state index is 13.2. The van der Waals surface area contributed by atoms with Gasteiger partial charge < -0.3 is 9.88 Å². The molecule has 1 aliphatic rings. The molecule has 5 nitrogen and oxygen atoms in total. The number of carbonyl (C=O) groups excluding carboxylic acids is 1. The first-order valence-corrected chi connectivity index (χ1v) is 6.78. The number of halogens is 2. The molecule has 2 aromatic rings. The van der Waals surface area contributed by atoms with Gasteiger partial charge in [-0.25, -0.2) is 13.8 Å². The predicted molar refractivity (Wildman–Crippen MR) is 74.4 cm³/mol. The number of rotatable bonds is 1. The Bertz CT molecular complexity index is 797. The van der Waals surface area contributed by atoms with Gasteiger partial charge in [0.1, 0.15) is 17.5 Å². The normalized spacial score (nSPS) is 13.9. The van der Waals surface area contributed by atoms with E-state index in [2.05, 4.69) is 9.97 Å². The van der Waals surface area contributed by atoms with E-state index in [1.807, 2.05) is 0 Å². The van der Waals surface area contributed by atoms with Crippen LogP contribution in [-0.2, 0) is 13.0 Å². The van der Waals surface area contributed by atoms with Crippen molar-refractivity contribution in [2.75, 3.05) is 6.54 Å². The number of aromatic amines is 1. The van der Waals surface area contributed by atoms with Crippen LogP contribution in [0.25, 0.3) is 0 Å². The van der Waals surface area contributed by atoms with Gasteiger partial charge in [-0.1, -0.05) is 0 Å². The van der Waals surface area contributed by atoms with E-state index >= 15 is 0 Å². The maximum Gasteiger partial charge on any atom is 0.256 e. The molecule has 7 heteroatoms. The Morgan fingerprint density at radius 1 is 1.27 bits per heavy atom. The Morgan fingerprint density at radius 2 is 1.95 bits per heavy atom. The number of fused-ring (bicyclic) bond motifs is 1. The summed E-state index contributed by atoms with van der Waals surface area (Å²) in [7, 11) is 0. The van der Waals surface area contributed by atoms with Gasteiger partial charge in [0.05, 0.1) is 17.8 Å². The van der Waals surface area contributed by atoms with Crippen molar-refractivity contribution in [2.45, 2.75) is 19.9 Å². The van der Waals surface area contributed by atoms with E-state index in [0.717, 1.165) is 12.1 Å². The predicted octanol–water partition coefficient (Wildman–Crippen LogP) is 1.56. The van der Waals surface area contributed by atoms with Crippen LogP contribution >= 0.6 is 0 Å². The van der Waals surface area contributed by atoms with Gasteiger partial charge in [-0.3, -0.25) is 9.59 Å². The average molecular weight is 305 g/mol. The zero-order valence-corrected chi connectivity index (χ0v) is 11.8. The van der Waals surface area contributed by atoms with Crippen LogP contribution < -0.4 is 5.56 Å². The van der Waals surface area contributed by atoms with Gasteiger partial charge in [0, 0.05) is 24.6 Å². The number of amides is 1. The lowest BCUT2D eigenvalue weighted by molar-refractivity contribution is 0.0731.